The molecule has 2 aromatic carbocycles. The topological polar surface area (TPSA) is 26.0 Å². The highest BCUT2D eigenvalue weighted by Gasteiger charge is 2.30. The van der Waals surface area contributed by atoms with E-state index in [1.807, 2.05) is 12.1 Å². The van der Waals surface area contributed by atoms with Crippen LogP contribution in [0.4, 0.5) is 18.9 Å². The van der Waals surface area contributed by atoms with Gasteiger partial charge < -0.3 is 5.73 Å². The largest absolute Gasteiger partial charge is 0.416 e. The van der Waals surface area contributed by atoms with Gasteiger partial charge in [-0.05, 0) is 29.8 Å². The molecule has 0 aliphatic carbocycles. The first-order valence-corrected chi connectivity index (χ1v) is 5.90. The van der Waals surface area contributed by atoms with Gasteiger partial charge in [-0.25, -0.2) is 0 Å². The average Bonchev–Trinajstić information content (AvgIpc) is 2.29. The third-order valence-corrected chi connectivity index (χ3v) is 3.06. The van der Waals surface area contributed by atoms with Crippen molar-refractivity contribution >= 4 is 21.6 Å². The van der Waals surface area contributed by atoms with E-state index in [1.165, 1.54) is 6.07 Å². The first kappa shape index (κ1) is 13.0. The minimum absolute atomic E-state index is 0.118. The molecule has 0 aromatic heterocycles. The number of nitrogens with two attached hydrogens (primary N) is 1. The molecule has 0 aliphatic heterocycles. The van der Waals surface area contributed by atoms with Gasteiger partial charge in [0.25, 0.3) is 0 Å². The smallest absolute Gasteiger partial charge is 0.398 e. The predicted molar refractivity (Wildman–Crippen MR) is 69.0 cm³/mol. The number of rotatable bonds is 1. The van der Waals surface area contributed by atoms with Gasteiger partial charge in [-0.2, -0.15) is 13.2 Å². The van der Waals surface area contributed by atoms with Gasteiger partial charge >= 0.3 is 6.18 Å². The van der Waals surface area contributed by atoms with Crippen LogP contribution in [-0.4, -0.2) is 0 Å². The van der Waals surface area contributed by atoms with Crippen molar-refractivity contribution in [2.75, 3.05) is 5.73 Å². The Bertz CT molecular complexity index is 561. The van der Waals surface area contributed by atoms with Crippen molar-refractivity contribution in [2.45, 2.75) is 6.18 Å². The molecule has 0 radical (unpaired) electrons. The molecule has 0 unspecified atom stereocenters. The minimum atomic E-state index is -4.37. The van der Waals surface area contributed by atoms with Crippen molar-refractivity contribution in [3.05, 3.63) is 52.5 Å². The molecular weight excluding hydrogens is 307 g/mol. The second kappa shape index (κ2) is 4.65. The number of alkyl halides is 3. The van der Waals surface area contributed by atoms with E-state index in [2.05, 4.69) is 15.9 Å². The van der Waals surface area contributed by atoms with Gasteiger partial charge in [0.2, 0.25) is 0 Å². The molecule has 0 spiro atoms. The fourth-order valence-corrected chi connectivity index (χ4v) is 1.90. The Kier molecular flexibility index (Phi) is 3.34. The first-order valence-electron chi connectivity index (χ1n) is 5.10. The Balaban J connectivity index is 2.45. The second-order valence-electron chi connectivity index (χ2n) is 3.81. The van der Waals surface area contributed by atoms with Crippen molar-refractivity contribution in [3.63, 3.8) is 0 Å². The van der Waals surface area contributed by atoms with Gasteiger partial charge in [-0.15, -0.1) is 0 Å². The lowest BCUT2D eigenvalue weighted by atomic mass is 10.0. The van der Waals surface area contributed by atoms with Crippen LogP contribution in [0.2, 0.25) is 0 Å². The van der Waals surface area contributed by atoms with E-state index in [4.69, 9.17) is 5.73 Å². The lowest BCUT2D eigenvalue weighted by Gasteiger charge is -2.11. The summed E-state index contributed by atoms with van der Waals surface area (Å²) in [7, 11) is 0. The maximum absolute atomic E-state index is 12.5. The van der Waals surface area contributed by atoms with E-state index in [0.717, 1.165) is 22.2 Å². The fourth-order valence-electron chi connectivity index (χ4n) is 1.63. The van der Waals surface area contributed by atoms with Crippen LogP contribution in [0.5, 0.6) is 0 Å². The zero-order valence-electron chi connectivity index (χ0n) is 9.13. The zero-order chi connectivity index (χ0) is 13.3. The van der Waals surface area contributed by atoms with Crippen molar-refractivity contribution in [1.82, 2.24) is 0 Å². The van der Waals surface area contributed by atoms with Crippen molar-refractivity contribution < 1.29 is 13.2 Å². The average molecular weight is 316 g/mol. The molecule has 0 aliphatic rings. The molecule has 94 valence electrons. The van der Waals surface area contributed by atoms with E-state index >= 15 is 0 Å². The van der Waals surface area contributed by atoms with Crippen molar-refractivity contribution in [3.8, 4) is 11.1 Å². The highest BCUT2D eigenvalue weighted by molar-refractivity contribution is 9.10. The maximum Gasteiger partial charge on any atom is 0.416 e. The standard InChI is InChI=1S/C13H9BrF3N/c14-10-4-1-8(2-5-10)11-6-3-9(7-12(11)18)13(15,16)17/h1-7H,18H2. The SMILES string of the molecule is Nc1cc(C(F)(F)F)ccc1-c1ccc(Br)cc1. The van der Waals surface area contributed by atoms with E-state index < -0.39 is 11.7 Å². The molecule has 2 N–H and O–H groups in total. The molecule has 0 saturated heterocycles. The van der Waals surface area contributed by atoms with Gasteiger partial charge in [0.1, 0.15) is 0 Å². The van der Waals surface area contributed by atoms with Crippen LogP contribution in [0.15, 0.2) is 46.9 Å². The van der Waals surface area contributed by atoms with Gasteiger partial charge in [-0.1, -0.05) is 34.1 Å². The summed E-state index contributed by atoms with van der Waals surface area (Å²) in [5, 5.41) is 0. The summed E-state index contributed by atoms with van der Waals surface area (Å²) in [6.07, 6.45) is -4.37. The third-order valence-electron chi connectivity index (χ3n) is 2.53. The molecule has 2 aromatic rings. The number of nitrogen functional groups attached to an aromatic ring is 1. The number of benzene rings is 2. The second-order valence-corrected chi connectivity index (χ2v) is 4.72. The summed E-state index contributed by atoms with van der Waals surface area (Å²) in [5.41, 5.74) is 6.43. The monoisotopic (exact) mass is 315 g/mol. The summed E-state index contributed by atoms with van der Waals surface area (Å²) in [4.78, 5) is 0. The fraction of sp³-hybridized carbons (Fsp3) is 0.0769. The van der Waals surface area contributed by atoms with Crippen LogP contribution in [0.1, 0.15) is 5.56 Å². The minimum Gasteiger partial charge on any atom is -0.398 e. The molecule has 18 heavy (non-hydrogen) atoms. The molecule has 2 rings (SSSR count). The van der Waals surface area contributed by atoms with Crippen LogP contribution in [-0.2, 0) is 6.18 Å². The molecular formula is C13H9BrF3N. The van der Waals surface area contributed by atoms with E-state index in [-0.39, 0.29) is 5.69 Å². The predicted octanol–water partition coefficient (Wildman–Crippen LogP) is 4.72. The third kappa shape index (κ3) is 2.67. The van der Waals surface area contributed by atoms with Crippen LogP contribution in [0.3, 0.4) is 0 Å². The quantitative estimate of drug-likeness (QED) is 0.757. The Labute approximate surface area is 111 Å². The Morgan fingerprint density at radius 3 is 2.06 bits per heavy atom. The van der Waals surface area contributed by atoms with Crippen molar-refractivity contribution in [2.24, 2.45) is 0 Å². The van der Waals surface area contributed by atoms with Crippen LogP contribution in [0, 0.1) is 0 Å². The summed E-state index contributed by atoms with van der Waals surface area (Å²) >= 11 is 3.29. The van der Waals surface area contributed by atoms with E-state index in [0.29, 0.717) is 5.56 Å². The Morgan fingerprint density at radius 1 is 0.944 bits per heavy atom. The van der Waals surface area contributed by atoms with Gasteiger partial charge in [0, 0.05) is 15.7 Å². The highest BCUT2D eigenvalue weighted by Crippen LogP contribution is 2.34. The zero-order valence-corrected chi connectivity index (χ0v) is 10.7. The molecule has 0 amide bonds. The van der Waals surface area contributed by atoms with Gasteiger partial charge in [0.05, 0.1) is 5.56 Å². The van der Waals surface area contributed by atoms with Gasteiger partial charge in [-0.3, -0.25) is 0 Å². The summed E-state index contributed by atoms with van der Waals surface area (Å²) in [5.74, 6) is 0. The van der Waals surface area contributed by atoms with E-state index in [9.17, 15) is 13.2 Å². The highest BCUT2D eigenvalue weighted by atomic mass is 79.9. The molecule has 0 heterocycles. The summed E-state index contributed by atoms with van der Waals surface area (Å²) in [6, 6.07) is 10.6. The van der Waals surface area contributed by atoms with E-state index in [1.54, 1.807) is 12.1 Å². The number of hydrogen-bond acceptors (Lipinski definition) is 1. The molecule has 5 heteroatoms. The molecule has 0 atom stereocenters. The van der Waals surface area contributed by atoms with Crippen LogP contribution in [0.25, 0.3) is 11.1 Å². The van der Waals surface area contributed by atoms with Crippen molar-refractivity contribution in [1.29, 1.82) is 0 Å². The maximum atomic E-state index is 12.5. The van der Waals surface area contributed by atoms with Gasteiger partial charge in [0.15, 0.2) is 0 Å². The number of halogens is 4. The summed E-state index contributed by atoms with van der Waals surface area (Å²) < 4.78 is 38.4. The number of anilines is 1. The molecule has 0 fully saturated rings. The first-order chi connectivity index (χ1) is 8.38. The molecule has 0 bridgehead atoms. The number of hydrogen-bond donors (Lipinski definition) is 1. The molecule has 0 saturated carbocycles. The van der Waals surface area contributed by atoms with Crippen LogP contribution < -0.4 is 5.73 Å². The lowest BCUT2D eigenvalue weighted by molar-refractivity contribution is -0.137. The molecule has 1 nitrogen and oxygen atoms in total. The normalized spacial score (nSPS) is 11.6. The lowest BCUT2D eigenvalue weighted by Crippen LogP contribution is -2.05. The Hall–Kier alpha value is -1.49. The van der Waals surface area contributed by atoms with Crippen LogP contribution >= 0.6 is 15.9 Å². The Morgan fingerprint density at radius 2 is 1.56 bits per heavy atom. The summed E-state index contributed by atoms with van der Waals surface area (Å²) in [6.45, 7) is 0.